The molecule has 1 heterocycles. The molecule has 1 unspecified atom stereocenters. The highest BCUT2D eigenvalue weighted by Gasteiger charge is 2.13. The molecule has 2 aromatic rings. The summed E-state index contributed by atoms with van der Waals surface area (Å²) in [6.07, 6.45) is 4.23. The molecule has 1 aromatic carbocycles. The van der Waals surface area contributed by atoms with Crippen molar-refractivity contribution in [1.82, 2.24) is 15.3 Å². The Morgan fingerprint density at radius 1 is 1.20 bits per heavy atom. The van der Waals surface area contributed by atoms with Crippen LogP contribution in [0.5, 0.6) is 5.75 Å². The zero-order chi connectivity index (χ0) is 17.4. The van der Waals surface area contributed by atoms with Gasteiger partial charge in [0.15, 0.2) is 0 Å². The van der Waals surface area contributed by atoms with Crippen LogP contribution >= 0.6 is 12.4 Å². The Labute approximate surface area is 155 Å². The van der Waals surface area contributed by atoms with Crippen LogP contribution in [0.2, 0.25) is 0 Å². The van der Waals surface area contributed by atoms with Crippen molar-refractivity contribution in [3.05, 3.63) is 54.1 Å². The minimum atomic E-state index is -0.592. The molecule has 0 aliphatic rings. The fraction of sp³-hybridized carbons (Fsp3) is 0.368. The number of benzene rings is 1. The van der Waals surface area contributed by atoms with Crippen LogP contribution in [0.3, 0.4) is 0 Å². The number of hydrogen-bond donors (Lipinski definition) is 2. The van der Waals surface area contributed by atoms with Crippen LogP contribution < -0.4 is 10.1 Å². The molecule has 0 amide bonds. The number of β-amino-alcohol motifs (C(OH)–C–C–N with tert-alkyl or cyclic N) is 1. The average molecular weight is 362 g/mol. The molecule has 1 aromatic heterocycles. The van der Waals surface area contributed by atoms with Crippen LogP contribution in [0.1, 0.15) is 32.0 Å². The van der Waals surface area contributed by atoms with E-state index in [9.17, 15) is 5.11 Å². The molecule has 0 fully saturated rings. The van der Waals surface area contributed by atoms with E-state index in [2.05, 4.69) is 47.9 Å². The Hall–Kier alpha value is -2.13. The smallest absolute Gasteiger partial charge is 0.135 e. The van der Waals surface area contributed by atoms with Crippen molar-refractivity contribution >= 4 is 12.4 Å². The second kappa shape index (κ2) is 10.00. The molecule has 0 radical (unpaired) electrons. The minimum absolute atomic E-state index is 0. The Kier molecular flexibility index (Phi) is 8.36. The molecular weight excluding hydrogens is 338 g/mol. The van der Waals surface area contributed by atoms with Gasteiger partial charge in [-0.05, 0) is 38.8 Å². The van der Waals surface area contributed by atoms with Crippen molar-refractivity contribution in [3.63, 3.8) is 0 Å². The standard InChI is InChI=1S/C19H23N3O2.ClH/c1-19(2,3)22-13-17(23)14-24-18-7-5-4-6-15(18)8-9-16-12-20-10-11-21-16;/h4-7,10-12,17,22-23H,13-14H2,1-3H3;1H. The average Bonchev–Trinajstić information content (AvgIpc) is 2.57. The second-order valence-electron chi connectivity index (χ2n) is 6.43. The fourth-order valence-electron chi connectivity index (χ4n) is 1.86. The van der Waals surface area contributed by atoms with Crippen LogP contribution in [0.15, 0.2) is 42.9 Å². The third-order valence-electron chi connectivity index (χ3n) is 3.07. The Balaban J connectivity index is 0.00000312. The maximum atomic E-state index is 10.0. The third kappa shape index (κ3) is 7.99. The monoisotopic (exact) mass is 361 g/mol. The topological polar surface area (TPSA) is 67.3 Å². The van der Waals surface area contributed by atoms with Gasteiger partial charge in [-0.1, -0.05) is 18.1 Å². The fourth-order valence-corrected chi connectivity index (χ4v) is 1.86. The molecule has 6 heteroatoms. The first-order valence-corrected chi connectivity index (χ1v) is 7.87. The van der Waals surface area contributed by atoms with Crippen molar-refractivity contribution in [1.29, 1.82) is 0 Å². The molecule has 5 nitrogen and oxygen atoms in total. The Bertz CT molecular complexity index is 706. The van der Waals surface area contributed by atoms with Gasteiger partial charge in [0.05, 0.1) is 11.8 Å². The lowest BCUT2D eigenvalue weighted by Gasteiger charge is -2.23. The Morgan fingerprint density at radius 3 is 2.64 bits per heavy atom. The second-order valence-corrected chi connectivity index (χ2v) is 6.43. The summed E-state index contributed by atoms with van der Waals surface area (Å²) in [5.41, 5.74) is 1.31. The van der Waals surface area contributed by atoms with Crippen molar-refractivity contribution in [2.75, 3.05) is 13.2 Å². The highest BCUT2D eigenvalue weighted by atomic mass is 35.5. The number of para-hydroxylation sites is 1. The quantitative estimate of drug-likeness (QED) is 0.800. The van der Waals surface area contributed by atoms with Crippen LogP contribution in [0.25, 0.3) is 0 Å². The number of rotatable bonds is 5. The molecule has 2 rings (SSSR count). The molecule has 0 aliphatic carbocycles. The number of aromatic nitrogens is 2. The summed E-state index contributed by atoms with van der Waals surface area (Å²) < 4.78 is 5.72. The van der Waals surface area contributed by atoms with E-state index in [1.807, 2.05) is 24.3 Å². The van der Waals surface area contributed by atoms with E-state index in [-0.39, 0.29) is 24.6 Å². The Morgan fingerprint density at radius 2 is 1.96 bits per heavy atom. The highest BCUT2D eigenvalue weighted by molar-refractivity contribution is 5.85. The molecule has 0 spiro atoms. The van der Waals surface area contributed by atoms with E-state index >= 15 is 0 Å². The van der Waals surface area contributed by atoms with Gasteiger partial charge in [0.1, 0.15) is 24.2 Å². The van der Waals surface area contributed by atoms with E-state index < -0.39 is 6.10 Å². The number of nitrogens with one attached hydrogen (secondary N) is 1. The van der Waals surface area contributed by atoms with Gasteiger partial charge in [0.25, 0.3) is 0 Å². The molecule has 1 atom stereocenters. The van der Waals surface area contributed by atoms with Crippen molar-refractivity contribution in [2.24, 2.45) is 0 Å². The number of ether oxygens (including phenoxy) is 1. The van der Waals surface area contributed by atoms with Gasteiger partial charge in [0.2, 0.25) is 0 Å². The van der Waals surface area contributed by atoms with Crippen LogP contribution in [-0.4, -0.2) is 39.9 Å². The van der Waals surface area contributed by atoms with Gasteiger partial charge in [-0.15, -0.1) is 12.4 Å². The summed E-state index contributed by atoms with van der Waals surface area (Å²) in [5.74, 6) is 6.63. The molecule has 0 aliphatic heterocycles. The molecule has 0 saturated carbocycles. The minimum Gasteiger partial charge on any atom is -0.490 e. The van der Waals surface area contributed by atoms with Crippen LogP contribution in [0.4, 0.5) is 0 Å². The lowest BCUT2D eigenvalue weighted by atomic mass is 10.1. The highest BCUT2D eigenvalue weighted by Crippen LogP contribution is 2.17. The number of aliphatic hydroxyl groups is 1. The largest absolute Gasteiger partial charge is 0.490 e. The van der Waals surface area contributed by atoms with Gasteiger partial charge in [-0.2, -0.15) is 0 Å². The van der Waals surface area contributed by atoms with Gasteiger partial charge >= 0.3 is 0 Å². The summed E-state index contributed by atoms with van der Waals surface area (Å²) in [6.45, 7) is 6.83. The zero-order valence-corrected chi connectivity index (χ0v) is 15.5. The zero-order valence-electron chi connectivity index (χ0n) is 14.7. The first kappa shape index (κ1) is 20.9. The summed E-state index contributed by atoms with van der Waals surface area (Å²) >= 11 is 0. The number of aliphatic hydroxyl groups excluding tert-OH is 1. The van der Waals surface area contributed by atoms with E-state index in [4.69, 9.17) is 4.74 Å². The third-order valence-corrected chi connectivity index (χ3v) is 3.07. The van der Waals surface area contributed by atoms with E-state index in [1.54, 1.807) is 18.6 Å². The van der Waals surface area contributed by atoms with E-state index in [0.29, 0.717) is 18.0 Å². The predicted molar refractivity (Wildman–Crippen MR) is 101 cm³/mol. The van der Waals surface area contributed by atoms with Gasteiger partial charge in [-0.3, -0.25) is 4.98 Å². The van der Waals surface area contributed by atoms with E-state index in [0.717, 1.165) is 5.56 Å². The molecule has 134 valence electrons. The normalized spacial score (nSPS) is 11.7. The van der Waals surface area contributed by atoms with Gasteiger partial charge in [0, 0.05) is 24.5 Å². The van der Waals surface area contributed by atoms with Crippen molar-refractivity contribution < 1.29 is 9.84 Å². The lowest BCUT2D eigenvalue weighted by molar-refractivity contribution is 0.0999. The number of hydrogen-bond acceptors (Lipinski definition) is 5. The predicted octanol–water partition coefficient (Wildman–Crippen LogP) is 2.43. The maximum Gasteiger partial charge on any atom is 0.135 e. The van der Waals surface area contributed by atoms with E-state index in [1.165, 1.54) is 0 Å². The first-order chi connectivity index (χ1) is 11.4. The summed E-state index contributed by atoms with van der Waals surface area (Å²) in [7, 11) is 0. The molecule has 0 saturated heterocycles. The van der Waals surface area contributed by atoms with Crippen molar-refractivity contribution in [3.8, 4) is 17.6 Å². The number of nitrogens with zero attached hydrogens (tertiary/aromatic N) is 2. The SMILES string of the molecule is CC(C)(C)NCC(O)COc1ccccc1C#Cc1cnccn1.Cl. The van der Waals surface area contributed by atoms with Crippen LogP contribution in [0, 0.1) is 11.8 Å². The molecule has 25 heavy (non-hydrogen) atoms. The van der Waals surface area contributed by atoms with Gasteiger partial charge < -0.3 is 15.2 Å². The van der Waals surface area contributed by atoms with Gasteiger partial charge in [-0.25, -0.2) is 4.98 Å². The van der Waals surface area contributed by atoms with Crippen LogP contribution in [-0.2, 0) is 0 Å². The summed E-state index contributed by atoms with van der Waals surface area (Å²) in [4.78, 5) is 8.10. The number of halogens is 1. The van der Waals surface area contributed by atoms with Crippen molar-refractivity contribution in [2.45, 2.75) is 32.4 Å². The lowest BCUT2D eigenvalue weighted by Crippen LogP contribution is -2.42. The molecule has 0 bridgehead atoms. The first-order valence-electron chi connectivity index (χ1n) is 7.87. The molecular formula is C19H24ClN3O2. The molecule has 2 N–H and O–H groups in total. The summed E-state index contributed by atoms with van der Waals surface area (Å²) in [5, 5.41) is 13.3. The maximum absolute atomic E-state index is 10.0. The summed E-state index contributed by atoms with van der Waals surface area (Å²) in [6, 6.07) is 7.48.